The zero-order chi connectivity index (χ0) is 16.6. The third-order valence-corrected chi connectivity index (χ3v) is 4.29. The highest BCUT2D eigenvalue weighted by molar-refractivity contribution is 5.90. The van der Waals surface area contributed by atoms with Gasteiger partial charge < -0.3 is 19.5 Å². The molecule has 1 N–H and O–H groups in total. The Morgan fingerprint density at radius 1 is 1.26 bits per heavy atom. The van der Waals surface area contributed by atoms with Crippen LogP contribution in [-0.4, -0.2) is 54.0 Å². The molecule has 0 spiro atoms. The molecule has 1 aromatic carbocycles. The lowest BCUT2D eigenvalue weighted by Gasteiger charge is -2.42. The third kappa shape index (κ3) is 3.22. The molecule has 122 valence electrons. The van der Waals surface area contributed by atoms with Gasteiger partial charge in [0.2, 0.25) is 5.89 Å². The number of nitrogens with one attached hydrogen (secondary N) is 1. The predicted octanol–water partition coefficient (Wildman–Crippen LogP) is 2.74. The average Bonchev–Trinajstić information content (AvgIpc) is 2.77. The molecule has 1 aromatic heterocycles. The molecule has 0 atom stereocenters. The van der Waals surface area contributed by atoms with Crippen molar-refractivity contribution in [3.05, 3.63) is 35.7 Å². The monoisotopic (exact) mass is 314 g/mol. The summed E-state index contributed by atoms with van der Waals surface area (Å²) in [6.07, 6.45) is 0. The number of aryl methyl sites for hydroxylation is 2. The van der Waals surface area contributed by atoms with Crippen molar-refractivity contribution >= 4 is 11.7 Å². The SMILES string of the molecule is Cc1nc(-c2ccc(NC(=O)N3CC(N(C)C)C3)cc2)oc1C. The number of benzene rings is 1. The number of oxazole rings is 1. The lowest BCUT2D eigenvalue weighted by atomic mass is 10.1. The third-order valence-electron chi connectivity index (χ3n) is 4.29. The first-order valence-electron chi connectivity index (χ1n) is 7.71. The van der Waals surface area contributed by atoms with E-state index in [0.717, 1.165) is 35.8 Å². The fourth-order valence-corrected chi connectivity index (χ4v) is 2.44. The number of hydrogen-bond donors (Lipinski definition) is 1. The molecule has 6 heteroatoms. The second kappa shape index (κ2) is 6.04. The number of urea groups is 1. The van der Waals surface area contributed by atoms with Crippen LogP contribution in [0.5, 0.6) is 0 Å². The summed E-state index contributed by atoms with van der Waals surface area (Å²) in [7, 11) is 4.06. The van der Waals surface area contributed by atoms with Gasteiger partial charge in [-0.3, -0.25) is 0 Å². The summed E-state index contributed by atoms with van der Waals surface area (Å²) in [4.78, 5) is 20.5. The first kappa shape index (κ1) is 15.6. The van der Waals surface area contributed by atoms with Gasteiger partial charge in [0, 0.05) is 30.4 Å². The topological polar surface area (TPSA) is 61.6 Å². The summed E-state index contributed by atoms with van der Waals surface area (Å²) in [5, 5.41) is 2.92. The van der Waals surface area contributed by atoms with Crippen molar-refractivity contribution in [2.45, 2.75) is 19.9 Å². The summed E-state index contributed by atoms with van der Waals surface area (Å²) in [6.45, 7) is 5.36. The van der Waals surface area contributed by atoms with Crippen LogP contribution in [0.4, 0.5) is 10.5 Å². The van der Waals surface area contributed by atoms with Gasteiger partial charge in [-0.1, -0.05) is 0 Å². The molecule has 2 aromatic rings. The van der Waals surface area contributed by atoms with E-state index in [-0.39, 0.29) is 6.03 Å². The van der Waals surface area contributed by atoms with Crippen molar-refractivity contribution in [3.8, 4) is 11.5 Å². The molecule has 0 aliphatic carbocycles. The Labute approximate surface area is 136 Å². The van der Waals surface area contributed by atoms with Crippen LogP contribution in [0.15, 0.2) is 28.7 Å². The van der Waals surface area contributed by atoms with Gasteiger partial charge >= 0.3 is 6.03 Å². The lowest BCUT2D eigenvalue weighted by Crippen LogP contribution is -2.60. The standard InChI is InChI=1S/C17H22N4O2/c1-11-12(2)23-16(18-11)13-5-7-14(8-6-13)19-17(22)21-9-15(10-21)20(3)4/h5-8,15H,9-10H2,1-4H3,(H,19,22). The van der Waals surface area contributed by atoms with E-state index < -0.39 is 0 Å². The van der Waals surface area contributed by atoms with Crippen LogP contribution >= 0.6 is 0 Å². The lowest BCUT2D eigenvalue weighted by molar-refractivity contribution is 0.0942. The van der Waals surface area contributed by atoms with E-state index in [9.17, 15) is 4.79 Å². The summed E-state index contributed by atoms with van der Waals surface area (Å²) in [6, 6.07) is 7.94. The second-order valence-electron chi connectivity index (χ2n) is 6.19. The molecule has 23 heavy (non-hydrogen) atoms. The van der Waals surface area contributed by atoms with Crippen LogP contribution in [0, 0.1) is 13.8 Å². The van der Waals surface area contributed by atoms with Gasteiger partial charge in [0.05, 0.1) is 5.69 Å². The Kier molecular flexibility index (Phi) is 4.09. The van der Waals surface area contributed by atoms with E-state index in [2.05, 4.69) is 15.2 Å². The molecule has 0 unspecified atom stereocenters. The van der Waals surface area contributed by atoms with E-state index in [0.29, 0.717) is 11.9 Å². The molecule has 1 saturated heterocycles. The summed E-state index contributed by atoms with van der Waals surface area (Å²) >= 11 is 0. The number of anilines is 1. The van der Waals surface area contributed by atoms with E-state index in [1.165, 1.54) is 0 Å². The van der Waals surface area contributed by atoms with Gasteiger partial charge in [0.15, 0.2) is 0 Å². The van der Waals surface area contributed by atoms with Crippen molar-refractivity contribution < 1.29 is 9.21 Å². The van der Waals surface area contributed by atoms with Crippen LogP contribution in [0.1, 0.15) is 11.5 Å². The molecule has 2 heterocycles. The van der Waals surface area contributed by atoms with Gasteiger partial charge in [-0.2, -0.15) is 0 Å². The van der Waals surface area contributed by atoms with Gasteiger partial charge in [-0.05, 0) is 52.2 Å². The van der Waals surface area contributed by atoms with E-state index in [1.54, 1.807) is 4.90 Å². The fraction of sp³-hybridized carbons (Fsp3) is 0.412. The molecule has 0 bridgehead atoms. The van der Waals surface area contributed by atoms with Gasteiger partial charge in [0.1, 0.15) is 5.76 Å². The largest absolute Gasteiger partial charge is 0.441 e. The minimum atomic E-state index is -0.0568. The van der Waals surface area contributed by atoms with Gasteiger partial charge in [-0.15, -0.1) is 0 Å². The summed E-state index contributed by atoms with van der Waals surface area (Å²) in [5.41, 5.74) is 2.56. The van der Waals surface area contributed by atoms with Crippen LogP contribution in [-0.2, 0) is 0 Å². The van der Waals surface area contributed by atoms with Crippen LogP contribution in [0.25, 0.3) is 11.5 Å². The number of likely N-dealkylation sites (N-methyl/N-ethyl adjacent to an activating group) is 1. The molecule has 0 saturated carbocycles. The van der Waals surface area contributed by atoms with E-state index in [4.69, 9.17) is 4.42 Å². The van der Waals surface area contributed by atoms with E-state index >= 15 is 0 Å². The summed E-state index contributed by atoms with van der Waals surface area (Å²) in [5.74, 6) is 1.43. The predicted molar refractivity (Wildman–Crippen MR) is 89.5 cm³/mol. The number of aromatic nitrogens is 1. The Balaban J connectivity index is 1.61. The number of amides is 2. The molecular weight excluding hydrogens is 292 g/mol. The van der Waals surface area contributed by atoms with Crippen molar-refractivity contribution in [1.82, 2.24) is 14.8 Å². The number of carbonyl (C=O) groups excluding carboxylic acids is 1. The first-order chi connectivity index (χ1) is 10.9. The Morgan fingerprint density at radius 3 is 2.43 bits per heavy atom. The second-order valence-corrected chi connectivity index (χ2v) is 6.19. The smallest absolute Gasteiger partial charge is 0.321 e. The Bertz CT molecular complexity index is 680. The molecule has 0 radical (unpaired) electrons. The first-order valence-corrected chi connectivity index (χ1v) is 7.71. The van der Waals surface area contributed by atoms with Crippen molar-refractivity contribution in [2.24, 2.45) is 0 Å². The summed E-state index contributed by atoms with van der Waals surface area (Å²) < 4.78 is 5.61. The molecule has 2 amide bonds. The van der Waals surface area contributed by atoms with Crippen LogP contribution in [0.2, 0.25) is 0 Å². The maximum absolute atomic E-state index is 12.1. The van der Waals surface area contributed by atoms with Gasteiger partial charge in [0.25, 0.3) is 0 Å². The highest BCUT2D eigenvalue weighted by Gasteiger charge is 2.31. The quantitative estimate of drug-likeness (QED) is 0.946. The van der Waals surface area contributed by atoms with Gasteiger partial charge in [-0.25, -0.2) is 9.78 Å². The van der Waals surface area contributed by atoms with Crippen molar-refractivity contribution in [1.29, 1.82) is 0 Å². The molecule has 1 fully saturated rings. The fourth-order valence-electron chi connectivity index (χ4n) is 2.44. The number of rotatable bonds is 3. The molecular formula is C17H22N4O2. The highest BCUT2D eigenvalue weighted by Crippen LogP contribution is 2.23. The number of carbonyl (C=O) groups is 1. The maximum Gasteiger partial charge on any atom is 0.321 e. The van der Waals surface area contributed by atoms with Crippen molar-refractivity contribution in [3.63, 3.8) is 0 Å². The minimum Gasteiger partial charge on any atom is -0.441 e. The zero-order valence-electron chi connectivity index (χ0n) is 14.0. The zero-order valence-corrected chi connectivity index (χ0v) is 14.0. The molecule has 3 rings (SSSR count). The van der Waals surface area contributed by atoms with Crippen LogP contribution < -0.4 is 5.32 Å². The minimum absolute atomic E-state index is 0.0568. The Morgan fingerprint density at radius 2 is 1.91 bits per heavy atom. The number of hydrogen-bond acceptors (Lipinski definition) is 4. The maximum atomic E-state index is 12.1. The average molecular weight is 314 g/mol. The normalized spacial score (nSPS) is 14.9. The molecule has 1 aliphatic rings. The molecule has 1 aliphatic heterocycles. The van der Waals surface area contributed by atoms with E-state index in [1.807, 2.05) is 52.2 Å². The highest BCUT2D eigenvalue weighted by atomic mass is 16.4. The van der Waals surface area contributed by atoms with Crippen LogP contribution in [0.3, 0.4) is 0 Å². The van der Waals surface area contributed by atoms with Crippen molar-refractivity contribution in [2.75, 3.05) is 32.5 Å². The molecule has 6 nitrogen and oxygen atoms in total. The Hall–Kier alpha value is -2.34. The number of likely N-dealkylation sites (tertiary alicyclic amines) is 1. The number of nitrogens with zero attached hydrogens (tertiary/aromatic N) is 3.